The van der Waals surface area contributed by atoms with Gasteiger partial charge in [0.1, 0.15) is 5.92 Å². The lowest BCUT2D eigenvalue weighted by molar-refractivity contribution is 0.0883. The van der Waals surface area contributed by atoms with E-state index in [4.69, 9.17) is 0 Å². The first kappa shape index (κ1) is 14.5. The lowest BCUT2D eigenvalue weighted by Crippen LogP contribution is -2.23. The minimum Gasteiger partial charge on any atom is -0.293 e. The molecule has 3 rings (SSSR count). The maximum atomic E-state index is 12.4. The van der Waals surface area contributed by atoms with E-state index in [1.165, 1.54) is 0 Å². The van der Waals surface area contributed by atoms with Gasteiger partial charge in [-0.05, 0) is 25.3 Å². The SMILES string of the molecule is CC(=NN=C(C)C1C(=O)c2ccccc2C1=O)c1cccs1. The average molecular weight is 310 g/mol. The highest BCUT2D eigenvalue weighted by Crippen LogP contribution is 2.27. The lowest BCUT2D eigenvalue weighted by atomic mass is 9.99. The summed E-state index contributed by atoms with van der Waals surface area (Å²) in [7, 11) is 0. The van der Waals surface area contributed by atoms with E-state index in [2.05, 4.69) is 10.2 Å². The van der Waals surface area contributed by atoms with Crippen LogP contribution < -0.4 is 0 Å². The number of carbonyl (C=O) groups is 2. The second-order valence-corrected chi connectivity index (χ2v) is 6.06. The highest BCUT2D eigenvalue weighted by molar-refractivity contribution is 7.12. The molecule has 0 saturated carbocycles. The van der Waals surface area contributed by atoms with E-state index in [9.17, 15) is 9.59 Å². The van der Waals surface area contributed by atoms with Crippen LogP contribution >= 0.6 is 11.3 Å². The molecule has 0 unspecified atom stereocenters. The average Bonchev–Trinajstić information content (AvgIpc) is 3.14. The Bertz CT molecular complexity index is 769. The molecule has 1 aromatic carbocycles. The maximum Gasteiger partial charge on any atom is 0.180 e. The summed E-state index contributed by atoms with van der Waals surface area (Å²) in [5.41, 5.74) is 2.16. The molecule has 1 aliphatic carbocycles. The van der Waals surface area contributed by atoms with E-state index in [1.54, 1.807) is 42.5 Å². The molecule has 5 heteroatoms. The molecule has 22 heavy (non-hydrogen) atoms. The number of rotatable bonds is 3. The quantitative estimate of drug-likeness (QED) is 0.494. The van der Waals surface area contributed by atoms with Gasteiger partial charge in [-0.1, -0.05) is 30.3 Å². The molecule has 4 nitrogen and oxygen atoms in total. The smallest absolute Gasteiger partial charge is 0.180 e. The Morgan fingerprint density at radius 3 is 2.14 bits per heavy atom. The topological polar surface area (TPSA) is 58.9 Å². The molecule has 2 aromatic rings. The third-order valence-electron chi connectivity index (χ3n) is 3.64. The van der Waals surface area contributed by atoms with Crippen LogP contribution in [0.5, 0.6) is 0 Å². The van der Waals surface area contributed by atoms with Gasteiger partial charge >= 0.3 is 0 Å². The van der Waals surface area contributed by atoms with E-state index in [0.717, 1.165) is 10.6 Å². The van der Waals surface area contributed by atoms with Crippen molar-refractivity contribution in [2.75, 3.05) is 0 Å². The summed E-state index contributed by atoms with van der Waals surface area (Å²) >= 11 is 1.57. The Labute approximate surface area is 132 Å². The summed E-state index contributed by atoms with van der Waals surface area (Å²) in [6.07, 6.45) is 0. The van der Waals surface area contributed by atoms with Gasteiger partial charge in [-0.2, -0.15) is 10.2 Å². The zero-order valence-electron chi connectivity index (χ0n) is 12.2. The summed E-state index contributed by atoms with van der Waals surface area (Å²) in [5, 5.41) is 10.2. The second-order valence-electron chi connectivity index (χ2n) is 5.11. The van der Waals surface area contributed by atoms with Gasteiger partial charge in [-0.15, -0.1) is 11.3 Å². The first-order valence-electron chi connectivity index (χ1n) is 6.89. The van der Waals surface area contributed by atoms with Gasteiger partial charge in [0.15, 0.2) is 11.6 Å². The van der Waals surface area contributed by atoms with Gasteiger partial charge in [0.05, 0.1) is 16.3 Å². The standard InChI is InChI=1S/C17H14N2O2S/c1-10(14-8-5-9-22-14)18-19-11(2)15-16(20)12-6-3-4-7-13(12)17(15)21/h3-9,15H,1-2H3. The Morgan fingerprint density at radius 2 is 1.59 bits per heavy atom. The van der Waals surface area contributed by atoms with Crippen molar-refractivity contribution in [1.29, 1.82) is 0 Å². The van der Waals surface area contributed by atoms with Crippen molar-refractivity contribution >= 4 is 34.3 Å². The molecule has 0 saturated heterocycles. The Balaban J connectivity index is 1.89. The van der Waals surface area contributed by atoms with Gasteiger partial charge in [0.2, 0.25) is 0 Å². The van der Waals surface area contributed by atoms with Gasteiger partial charge in [0, 0.05) is 11.1 Å². The predicted octanol–water partition coefficient (Wildman–Crippen LogP) is 3.63. The number of nitrogens with zero attached hydrogens (tertiary/aromatic N) is 2. The molecule has 0 radical (unpaired) electrons. The van der Waals surface area contributed by atoms with E-state index < -0.39 is 5.92 Å². The van der Waals surface area contributed by atoms with Crippen LogP contribution in [-0.4, -0.2) is 23.0 Å². The maximum absolute atomic E-state index is 12.4. The van der Waals surface area contributed by atoms with Gasteiger partial charge < -0.3 is 0 Å². The molecular weight excluding hydrogens is 296 g/mol. The summed E-state index contributed by atoms with van der Waals surface area (Å²) in [6, 6.07) is 10.8. The lowest BCUT2D eigenvalue weighted by Gasteiger charge is -2.04. The first-order chi connectivity index (χ1) is 10.6. The minimum atomic E-state index is -0.836. The predicted molar refractivity (Wildman–Crippen MR) is 88.2 cm³/mol. The van der Waals surface area contributed by atoms with Gasteiger partial charge in [0.25, 0.3) is 0 Å². The zero-order chi connectivity index (χ0) is 15.7. The van der Waals surface area contributed by atoms with Crippen molar-refractivity contribution in [3.63, 3.8) is 0 Å². The van der Waals surface area contributed by atoms with E-state index in [0.29, 0.717) is 16.8 Å². The molecule has 0 atom stereocenters. The van der Waals surface area contributed by atoms with Crippen LogP contribution in [0, 0.1) is 5.92 Å². The number of thiophene rings is 1. The van der Waals surface area contributed by atoms with E-state index >= 15 is 0 Å². The normalized spacial score (nSPS) is 16.3. The third kappa shape index (κ3) is 2.44. The highest BCUT2D eigenvalue weighted by atomic mass is 32.1. The summed E-state index contributed by atoms with van der Waals surface area (Å²) in [6.45, 7) is 3.53. The first-order valence-corrected chi connectivity index (χ1v) is 7.77. The summed E-state index contributed by atoms with van der Waals surface area (Å²) in [4.78, 5) is 25.8. The molecule has 1 aromatic heterocycles. The summed E-state index contributed by atoms with van der Waals surface area (Å²) in [5.74, 6) is -1.21. The molecule has 0 fully saturated rings. The number of hydrogen-bond donors (Lipinski definition) is 0. The largest absolute Gasteiger partial charge is 0.293 e. The van der Waals surface area contributed by atoms with Gasteiger partial charge in [-0.3, -0.25) is 9.59 Å². The fourth-order valence-corrected chi connectivity index (χ4v) is 3.14. The van der Waals surface area contributed by atoms with Crippen molar-refractivity contribution in [2.24, 2.45) is 16.1 Å². The van der Waals surface area contributed by atoms with E-state index in [1.807, 2.05) is 24.4 Å². The van der Waals surface area contributed by atoms with Crippen LogP contribution in [-0.2, 0) is 0 Å². The van der Waals surface area contributed by atoms with Crippen molar-refractivity contribution < 1.29 is 9.59 Å². The highest BCUT2D eigenvalue weighted by Gasteiger charge is 2.40. The molecule has 0 N–H and O–H groups in total. The fraction of sp³-hybridized carbons (Fsp3) is 0.176. The van der Waals surface area contributed by atoms with Crippen LogP contribution in [0.15, 0.2) is 52.0 Å². The van der Waals surface area contributed by atoms with Crippen LogP contribution in [0.3, 0.4) is 0 Å². The Morgan fingerprint density at radius 1 is 0.955 bits per heavy atom. The molecule has 110 valence electrons. The van der Waals surface area contributed by atoms with Crippen molar-refractivity contribution in [1.82, 2.24) is 0 Å². The van der Waals surface area contributed by atoms with E-state index in [-0.39, 0.29) is 11.6 Å². The monoisotopic (exact) mass is 310 g/mol. The third-order valence-corrected chi connectivity index (χ3v) is 4.61. The van der Waals surface area contributed by atoms with Gasteiger partial charge in [-0.25, -0.2) is 0 Å². The Hall–Kier alpha value is -2.40. The number of hydrogen-bond acceptors (Lipinski definition) is 5. The fourth-order valence-electron chi connectivity index (χ4n) is 2.47. The molecule has 1 aliphatic rings. The summed E-state index contributed by atoms with van der Waals surface area (Å²) < 4.78 is 0. The van der Waals surface area contributed by atoms with Crippen molar-refractivity contribution in [2.45, 2.75) is 13.8 Å². The van der Waals surface area contributed by atoms with Crippen molar-refractivity contribution in [3.8, 4) is 0 Å². The van der Waals surface area contributed by atoms with Crippen LogP contribution in [0.25, 0.3) is 0 Å². The molecule has 0 bridgehead atoms. The zero-order valence-corrected chi connectivity index (χ0v) is 13.1. The number of benzene rings is 1. The molecule has 0 aliphatic heterocycles. The number of Topliss-reactive ketones (excluding diaryl/α,β-unsaturated/α-hetero) is 2. The minimum absolute atomic E-state index is 0.189. The van der Waals surface area contributed by atoms with Crippen molar-refractivity contribution in [3.05, 3.63) is 57.8 Å². The van der Waals surface area contributed by atoms with Crippen LogP contribution in [0.2, 0.25) is 0 Å². The Kier molecular flexibility index (Phi) is 3.81. The van der Waals surface area contributed by atoms with Crippen LogP contribution in [0.4, 0.5) is 0 Å². The molecule has 0 amide bonds. The molecule has 1 heterocycles. The van der Waals surface area contributed by atoms with Crippen LogP contribution in [0.1, 0.15) is 39.4 Å². The second kappa shape index (κ2) is 5.77. The number of carbonyl (C=O) groups excluding carboxylic acids is 2. The number of ketones is 2. The molecular formula is C17H14N2O2S. The number of fused-ring (bicyclic) bond motifs is 1. The molecule has 0 spiro atoms.